The molecule has 1 aliphatic heterocycles. The van der Waals surface area contributed by atoms with E-state index in [1.165, 1.54) is 25.3 Å². The first-order chi connectivity index (χ1) is 14.7. The van der Waals surface area contributed by atoms with Gasteiger partial charge in [-0.2, -0.15) is 13.2 Å². The lowest BCUT2D eigenvalue weighted by Gasteiger charge is -2.41. The van der Waals surface area contributed by atoms with E-state index in [-0.39, 0.29) is 17.1 Å². The van der Waals surface area contributed by atoms with Crippen molar-refractivity contribution in [1.29, 1.82) is 0 Å². The molecule has 1 aromatic carbocycles. The van der Waals surface area contributed by atoms with Crippen molar-refractivity contribution in [2.75, 3.05) is 11.9 Å². The molecule has 0 radical (unpaired) electrons. The molecular weight excluding hydrogens is 456 g/mol. The minimum atomic E-state index is -4.80. The number of rotatable bonds is 3. The van der Waals surface area contributed by atoms with Gasteiger partial charge >= 0.3 is 12.3 Å². The predicted molar refractivity (Wildman–Crippen MR) is 109 cm³/mol. The number of hydrogen-bond donors (Lipinski definition) is 2. The molecule has 2 heterocycles. The van der Waals surface area contributed by atoms with Crippen LogP contribution in [-0.2, 0) is 10.3 Å². The van der Waals surface area contributed by atoms with Gasteiger partial charge in [-0.15, -0.1) is 0 Å². The van der Waals surface area contributed by atoms with Crippen molar-refractivity contribution in [1.82, 2.24) is 4.98 Å². The molecule has 0 fully saturated rings. The molecule has 1 aliphatic rings. The predicted octanol–water partition coefficient (Wildman–Crippen LogP) is 4.72. The molecule has 0 saturated carbocycles. The summed E-state index contributed by atoms with van der Waals surface area (Å²) < 4.78 is 64.6. The number of ether oxygens (including phenoxy) is 2. The molecule has 2 atom stereocenters. The minimum absolute atomic E-state index is 0.0192. The number of nitrogens with zero attached hydrogens (tertiary/aromatic N) is 2. The number of aliphatic imine (C=N–C) groups is 1. The molecule has 32 heavy (non-hydrogen) atoms. The molecule has 7 nitrogen and oxygen atoms in total. The van der Waals surface area contributed by atoms with Crippen LogP contribution in [0.15, 0.2) is 35.5 Å². The van der Waals surface area contributed by atoms with E-state index < -0.39 is 41.7 Å². The molecule has 0 aliphatic carbocycles. The normalized spacial score (nSPS) is 23.4. The number of halogens is 5. The second-order valence-corrected chi connectivity index (χ2v) is 8.01. The van der Waals surface area contributed by atoms with Crippen LogP contribution in [0.1, 0.15) is 25.0 Å². The number of carbonyl (C=O) groups is 1. The average Bonchev–Trinajstić information content (AvgIpc) is 2.68. The fourth-order valence-electron chi connectivity index (χ4n) is 3.01. The quantitative estimate of drug-likeness (QED) is 0.627. The number of nitrogens with one attached hydrogen (secondary N) is 1. The highest BCUT2D eigenvalue weighted by atomic mass is 35.5. The van der Waals surface area contributed by atoms with Crippen LogP contribution in [0.25, 0.3) is 0 Å². The topological polar surface area (TPSA) is 98.8 Å². The second-order valence-electron chi connectivity index (χ2n) is 7.58. The van der Waals surface area contributed by atoms with Gasteiger partial charge in [0.1, 0.15) is 17.2 Å². The highest BCUT2D eigenvalue weighted by Crippen LogP contribution is 2.41. The molecule has 12 heteroatoms. The van der Waals surface area contributed by atoms with Crippen LogP contribution < -0.4 is 15.8 Å². The third-order valence-electron chi connectivity index (χ3n) is 5.02. The summed E-state index contributed by atoms with van der Waals surface area (Å²) >= 11 is 5.81. The number of aryl methyl sites for hydroxylation is 1. The van der Waals surface area contributed by atoms with Crippen molar-refractivity contribution in [2.24, 2.45) is 10.7 Å². The number of carbonyl (C=O) groups excluding carboxylic acids is 1. The summed E-state index contributed by atoms with van der Waals surface area (Å²) in [5.41, 5.74) is 1.72. The minimum Gasteiger partial charge on any atom is -0.391 e. The third-order valence-corrected chi connectivity index (χ3v) is 5.22. The van der Waals surface area contributed by atoms with Crippen molar-refractivity contribution in [3.8, 4) is 5.88 Å². The number of amides is 1. The Morgan fingerprint density at radius 2 is 2.00 bits per heavy atom. The van der Waals surface area contributed by atoms with Crippen LogP contribution in [0.3, 0.4) is 0 Å². The Kier molecular flexibility index (Phi) is 6.09. The first kappa shape index (κ1) is 23.7. The molecule has 3 N–H and O–H groups in total. The zero-order chi connectivity index (χ0) is 23.9. The SMILES string of the molecule is Cc1cc(Cl)cnc1OC(=O)Nc1ccc(F)c([C@]2(C)CO[C@@](C)(C(F)(F)F)C(N)=N2)c1. The molecule has 3 rings (SSSR count). The molecule has 0 saturated heterocycles. The number of benzene rings is 1. The maximum absolute atomic E-state index is 14.6. The number of alkyl halides is 3. The van der Waals surface area contributed by atoms with Gasteiger partial charge in [0.2, 0.25) is 11.5 Å². The van der Waals surface area contributed by atoms with Crippen molar-refractivity contribution >= 4 is 29.2 Å². The molecule has 0 unspecified atom stereocenters. The van der Waals surface area contributed by atoms with Crippen molar-refractivity contribution in [2.45, 2.75) is 38.1 Å². The Hall–Kier alpha value is -2.92. The highest BCUT2D eigenvalue weighted by Gasteiger charge is 2.59. The second kappa shape index (κ2) is 8.21. The van der Waals surface area contributed by atoms with Gasteiger partial charge in [-0.25, -0.2) is 14.2 Å². The number of pyridine rings is 1. The van der Waals surface area contributed by atoms with Gasteiger partial charge in [-0.05, 0) is 45.0 Å². The van der Waals surface area contributed by atoms with Crippen molar-refractivity contribution < 1.29 is 31.8 Å². The van der Waals surface area contributed by atoms with Gasteiger partial charge in [0.15, 0.2) is 0 Å². The zero-order valence-electron chi connectivity index (χ0n) is 17.2. The fourth-order valence-corrected chi connectivity index (χ4v) is 3.22. The molecule has 2 aromatic rings. The maximum atomic E-state index is 14.6. The first-order valence-corrected chi connectivity index (χ1v) is 9.60. The van der Waals surface area contributed by atoms with Gasteiger partial charge in [-0.1, -0.05) is 11.6 Å². The Balaban J connectivity index is 1.85. The van der Waals surface area contributed by atoms with Gasteiger partial charge in [0.05, 0.1) is 11.6 Å². The van der Waals surface area contributed by atoms with E-state index in [0.717, 1.165) is 13.0 Å². The Bertz CT molecular complexity index is 1090. The van der Waals surface area contributed by atoms with Crippen LogP contribution in [0.4, 0.5) is 28.0 Å². The Morgan fingerprint density at radius 1 is 1.31 bits per heavy atom. The van der Waals surface area contributed by atoms with Crippen LogP contribution in [0, 0.1) is 12.7 Å². The van der Waals surface area contributed by atoms with E-state index in [1.807, 2.05) is 0 Å². The van der Waals surface area contributed by atoms with Gasteiger partial charge in [0.25, 0.3) is 0 Å². The van der Waals surface area contributed by atoms with E-state index in [4.69, 9.17) is 26.8 Å². The molecule has 172 valence electrons. The monoisotopic (exact) mass is 474 g/mol. The van der Waals surface area contributed by atoms with Crippen LogP contribution >= 0.6 is 11.6 Å². The van der Waals surface area contributed by atoms with E-state index in [9.17, 15) is 22.4 Å². The van der Waals surface area contributed by atoms with Gasteiger partial charge in [-0.3, -0.25) is 10.3 Å². The van der Waals surface area contributed by atoms with Crippen molar-refractivity contribution in [3.05, 3.63) is 52.4 Å². The summed E-state index contributed by atoms with van der Waals surface area (Å²) in [6.07, 6.45) is -4.42. The fraction of sp³-hybridized carbons (Fsp3) is 0.350. The van der Waals surface area contributed by atoms with E-state index in [0.29, 0.717) is 10.6 Å². The maximum Gasteiger partial charge on any atom is 0.424 e. The molecular formula is C20H19ClF4N4O3. The van der Waals surface area contributed by atoms with Gasteiger partial charge < -0.3 is 15.2 Å². The lowest BCUT2D eigenvalue weighted by molar-refractivity contribution is -0.249. The van der Waals surface area contributed by atoms with Gasteiger partial charge in [0, 0.05) is 23.0 Å². The molecule has 0 bridgehead atoms. The largest absolute Gasteiger partial charge is 0.424 e. The Morgan fingerprint density at radius 3 is 2.59 bits per heavy atom. The van der Waals surface area contributed by atoms with Crippen LogP contribution in [-0.4, -0.2) is 35.3 Å². The first-order valence-electron chi connectivity index (χ1n) is 9.23. The average molecular weight is 475 g/mol. The molecule has 0 spiro atoms. The van der Waals surface area contributed by atoms with E-state index in [1.54, 1.807) is 13.0 Å². The lowest BCUT2D eigenvalue weighted by atomic mass is 9.89. The third kappa shape index (κ3) is 4.49. The number of amidine groups is 1. The Labute approximate surface area is 185 Å². The summed E-state index contributed by atoms with van der Waals surface area (Å²) in [5, 5.41) is 2.77. The summed E-state index contributed by atoms with van der Waals surface area (Å²) in [5.74, 6) is -1.58. The standard InChI is InChI=1S/C20H19ClF4N4O3/c1-10-6-11(21)8-27-15(10)32-17(30)28-12-4-5-14(22)13(7-12)18(2)9-31-19(3,16(26)29-18)20(23,24)25/h4-8H,9H2,1-3H3,(H2,26,29)(H,28,30)/t18-,19+/m0/s1. The number of aromatic nitrogens is 1. The summed E-state index contributed by atoms with van der Waals surface area (Å²) in [6.45, 7) is 3.17. The van der Waals surface area contributed by atoms with Crippen molar-refractivity contribution in [3.63, 3.8) is 0 Å². The molecule has 1 amide bonds. The summed E-state index contributed by atoms with van der Waals surface area (Å²) in [7, 11) is 0. The zero-order valence-corrected chi connectivity index (χ0v) is 17.9. The number of anilines is 1. The lowest BCUT2D eigenvalue weighted by Crippen LogP contribution is -2.60. The van der Waals surface area contributed by atoms with E-state index in [2.05, 4.69) is 15.3 Å². The van der Waals surface area contributed by atoms with Crippen LogP contribution in [0.5, 0.6) is 5.88 Å². The molecule has 1 aromatic heterocycles. The van der Waals surface area contributed by atoms with E-state index >= 15 is 0 Å². The van der Waals surface area contributed by atoms with Crippen LogP contribution in [0.2, 0.25) is 5.02 Å². The smallest absolute Gasteiger partial charge is 0.391 e. The highest BCUT2D eigenvalue weighted by molar-refractivity contribution is 6.30. The summed E-state index contributed by atoms with van der Waals surface area (Å²) in [4.78, 5) is 20.0. The summed E-state index contributed by atoms with van der Waals surface area (Å²) in [6, 6.07) is 5.05. The number of nitrogens with two attached hydrogens (primary N) is 1. The number of hydrogen-bond acceptors (Lipinski definition) is 6.